The monoisotopic (exact) mass is 399 g/mol. The molecule has 2 aromatic carbocycles. The maximum absolute atomic E-state index is 11.8. The number of amides is 1. The van der Waals surface area contributed by atoms with Crippen molar-refractivity contribution in [2.24, 2.45) is 5.10 Å². The number of hydrogen-bond donors (Lipinski definition) is 1. The number of para-hydroxylation sites is 1. The maximum Gasteiger partial charge on any atom is 0.277 e. The quantitative estimate of drug-likeness (QED) is 0.366. The van der Waals surface area contributed by atoms with Crippen LogP contribution in [-0.2, 0) is 4.79 Å². The third kappa shape index (κ3) is 4.95. The van der Waals surface area contributed by atoms with Crippen molar-refractivity contribution >= 4 is 29.4 Å². The number of hydrazone groups is 1. The Morgan fingerprint density at radius 2 is 2.04 bits per heavy atom. The highest BCUT2D eigenvalue weighted by Crippen LogP contribution is 2.25. The molecule has 1 amide bonds. The second-order valence-electron chi connectivity index (χ2n) is 5.52. The zero-order valence-electron chi connectivity index (χ0n) is 14.4. The fourth-order valence-corrected chi connectivity index (χ4v) is 2.45. The predicted molar refractivity (Wildman–Crippen MR) is 103 cm³/mol. The molecule has 1 heterocycles. The molecule has 9 heteroatoms. The number of benzene rings is 2. The van der Waals surface area contributed by atoms with Gasteiger partial charge in [-0.05, 0) is 24.3 Å². The lowest BCUT2D eigenvalue weighted by Crippen LogP contribution is -2.24. The SMILES string of the molecule is O=C(COc1ccccc1Cl)N/N=C/c1ccc(-c2cccc([N+](=O)[O-])c2)o1. The molecule has 1 N–H and O–H groups in total. The Balaban J connectivity index is 1.55. The van der Waals surface area contributed by atoms with Crippen molar-refractivity contribution in [1.29, 1.82) is 0 Å². The molecule has 0 radical (unpaired) electrons. The molecule has 0 bridgehead atoms. The molecule has 3 aromatic rings. The van der Waals surface area contributed by atoms with Gasteiger partial charge in [-0.3, -0.25) is 14.9 Å². The molecule has 0 atom stereocenters. The molecule has 28 heavy (non-hydrogen) atoms. The molecule has 0 aliphatic carbocycles. The lowest BCUT2D eigenvalue weighted by molar-refractivity contribution is -0.384. The summed E-state index contributed by atoms with van der Waals surface area (Å²) in [6.07, 6.45) is 1.31. The third-order valence-corrected chi connectivity index (χ3v) is 3.86. The number of rotatable bonds is 7. The van der Waals surface area contributed by atoms with Crippen molar-refractivity contribution in [3.05, 3.63) is 81.6 Å². The summed E-state index contributed by atoms with van der Waals surface area (Å²) >= 11 is 5.94. The minimum Gasteiger partial charge on any atom is -0.482 e. The number of hydrogen-bond acceptors (Lipinski definition) is 6. The number of halogens is 1. The minimum absolute atomic E-state index is 0.0325. The van der Waals surface area contributed by atoms with E-state index in [4.69, 9.17) is 20.8 Å². The molecule has 0 unspecified atom stereocenters. The van der Waals surface area contributed by atoms with Crippen LogP contribution < -0.4 is 10.2 Å². The molecule has 142 valence electrons. The first-order chi connectivity index (χ1) is 13.5. The fourth-order valence-electron chi connectivity index (χ4n) is 2.26. The Kier molecular flexibility index (Phi) is 6.03. The second kappa shape index (κ2) is 8.83. The Morgan fingerprint density at radius 1 is 1.21 bits per heavy atom. The van der Waals surface area contributed by atoms with Crippen LogP contribution >= 0.6 is 11.6 Å². The van der Waals surface area contributed by atoms with Gasteiger partial charge in [0, 0.05) is 17.7 Å². The Bertz CT molecular complexity index is 1030. The van der Waals surface area contributed by atoms with Crippen LogP contribution in [0.1, 0.15) is 5.76 Å². The van der Waals surface area contributed by atoms with Crippen molar-refractivity contribution in [2.45, 2.75) is 0 Å². The van der Waals surface area contributed by atoms with Crippen molar-refractivity contribution in [2.75, 3.05) is 6.61 Å². The molecule has 0 saturated carbocycles. The van der Waals surface area contributed by atoms with Crippen LogP contribution in [0.25, 0.3) is 11.3 Å². The van der Waals surface area contributed by atoms with Gasteiger partial charge in [0.2, 0.25) is 0 Å². The Labute approximate surface area is 164 Å². The highest BCUT2D eigenvalue weighted by Gasteiger charge is 2.10. The molecule has 1 aromatic heterocycles. The molecule has 0 spiro atoms. The van der Waals surface area contributed by atoms with Crippen LogP contribution in [0.4, 0.5) is 5.69 Å². The van der Waals surface area contributed by atoms with E-state index in [2.05, 4.69) is 10.5 Å². The number of ether oxygens (including phenoxy) is 1. The van der Waals surface area contributed by atoms with Crippen LogP contribution in [0.15, 0.2) is 70.2 Å². The second-order valence-corrected chi connectivity index (χ2v) is 5.93. The highest BCUT2D eigenvalue weighted by atomic mass is 35.5. The van der Waals surface area contributed by atoms with Gasteiger partial charge >= 0.3 is 0 Å². The highest BCUT2D eigenvalue weighted by molar-refractivity contribution is 6.32. The van der Waals surface area contributed by atoms with Crippen LogP contribution in [0.3, 0.4) is 0 Å². The van der Waals surface area contributed by atoms with Crippen molar-refractivity contribution in [1.82, 2.24) is 5.43 Å². The number of non-ortho nitro benzene ring substituents is 1. The van der Waals surface area contributed by atoms with Gasteiger partial charge in [0.25, 0.3) is 11.6 Å². The molecule has 0 aliphatic rings. The minimum atomic E-state index is -0.477. The molecule has 3 rings (SSSR count). The number of nitrogens with zero attached hydrogens (tertiary/aromatic N) is 2. The van der Waals surface area contributed by atoms with E-state index in [1.807, 2.05) is 0 Å². The number of nitro benzene ring substituents is 1. The van der Waals surface area contributed by atoms with E-state index in [1.54, 1.807) is 48.5 Å². The average Bonchev–Trinajstić information content (AvgIpc) is 3.16. The van der Waals surface area contributed by atoms with E-state index >= 15 is 0 Å². The van der Waals surface area contributed by atoms with Gasteiger partial charge in [-0.25, -0.2) is 5.43 Å². The van der Waals surface area contributed by atoms with Crippen LogP contribution in [0.2, 0.25) is 5.02 Å². The van der Waals surface area contributed by atoms with Gasteiger partial charge in [-0.2, -0.15) is 5.10 Å². The van der Waals surface area contributed by atoms with E-state index in [-0.39, 0.29) is 12.3 Å². The summed E-state index contributed by atoms with van der Waals surface area (Å²) in [5.74, 6) is 0.741. The summed E-state index contributed by atoms with van der Waals surface area (Å²) < 4.78 is 10.9. The molecular weight excluding hydrogens is 386 g/mol. The van der Waals surface area contributed by atoms with Gasteiger partial charge < -0.3 is 9.15 Å². The van der Waals surface area contributed by atoms with Gasteiger partial charge in [-0.15, -0.1) is 0 Å². The first-order valence-electron chi connectivity index (χ1n) is 8.07. The lowest BCUT2D eigenvalue weighted by atomic mass is 10.1. The first kappa shape index (κ1) is 19.1. The Morgan fingerprint density at radius 3 is 2.82 bits per heavy atom. The smallest absolute Gasteiger partial charge is 0.277 e. The largest absolute Gasteiger partial charge is 0.482 e. The van der Waals surface area contributed by atoms with E-state index in [0.717, 1.165) is 0 Å². The zero-order valence-corrected chi connectivity index (χ0v) is 15.1. The summed E-state index contributed by atoms with van der Waals surface area (Å²) in [6, 6.07) is 16.2. The number of furan rings is 1. The summed E-state index contributed by atoms with van der Waals surface area (Å²) in [6.45, 7) is -0.252. The summed E-state index contributed by atoms with van der Waals surface area (Å²) in [4.78, 5) is 22.1. The average molecular weight is 400 g/mol. The number of carbonyl (C=O) groups excluding carboxylic acids is 1. The van der Waals surface area contributed by atoms with E-state index in [0.29, 0.717) is 27.9 Å². The van der Waals surface area contributed by atoms with Crippen molar-refractivity contribution < 1.29 is 18.9 Å². The van der Waals surface area contributed by atoms with E-state index in [1.165, 1.54) is 18.3 Å². The van der Waals surface area contributed by atoms with Gasteiger partial charge in [0.05, 0.1) is 16.2 Å². The van der Waals surface area contributed by atoms with Crippen molar-refractivity contribution in [3.8, 4) is 17.1 Å². The van der Waals surface area contributed by atoms with Gasteiger partial charge in [-0.1, -0.05) is 35.9 Å². The van der Waals surface area contributed by atoms with E-state index < -0.39 is 10.8 Å². The number of nitro groups is 1. The maximum atomic E-state index is 11.8. The molecule has 0 saturated heterocycles. The summed E-state index contributed by atoms with van der Waals surface area (Å²) in [5.41, 5.74) is 2.84. The molecule has 0 fully saturated rings. The zero-order chi connectivity index (χ0) is 19.9. The van der Waals surface area contributed by atoms with Crippen LogP contribution in [0.5, 0.6) is 5.75 Å². The van der Waals surface area contributed by atoms with Crippen LogP contribution in [0, 0.1) is 10.1 Å². The standard InChI is InChI=1S/C19H14ClN3O5/c20-16-6-1-2-7-18(16)27-12-19(24)22-21-11-15-8-9-17(28-15)13-4-3-5-14(10-13)23(25)26/h1-11H,12H2,(H,22,24)/b21-11+. The molecular formula is C19H14ClN3O5. The van der Waals surface area contributed by atoms with E-state index in [9.17, 15) is 14.9 Å². The lowest BCUT2D eigenvalue weighted by Gasteiger charge is -2.06. The predicted octanol–water partition coefficient (Wildman–Crippen LogP) is 4.04. The molecule has 8 nitrogen and oxygen atoms in total. The Hall–Kier alpha value is -3.65. The third-order valence-electron chi connectivity index (χ3n) is 3.54. The number of carbonyl (C=O) groups is 1. The first-order valence-corrected chi connectivity index (χ1v) is 8.44. The normalized spacial score (nSPS) is 10.8. The van der Waals surface area contributed by atoms with Crippen LogP contribution in [-0.4, -0.2) is 23.7 Å². The topological polar surface area (TPSA) is 107 Å². The van der Waals surface area contributed by atoms with Crippen molar-refractivity contribution in [3.63, 3.8) is 0 Å². The summed E-state index contributed by atoms with van der Waals surface area (Å²) in [5, 5.41) is 15.0. The van der Waals surface area contributed by atoms with Gasteiger partial charge in [0.1, 0.15) is 17.3 Å². The molecule has 0 aliphatic heterocycles. The van der Waals surface area contributed by atoms with Gasteiger partial charge in [0.15, 0.2) is 6.61 Å². The summed E-state index contributed by atoms with van der Waals surface area (Å²) in [7, 11) is 0. The number of nitrogens with one attached hydrogen (secondary N) is 1. The fraction of sp³-hybridized carbons (Fsp3) is 0.0526.